The van der Waals surface area contributed by atoms with Crippen LogP contribution in [0.15, 0.2) is 34.1 Å². The summed E-state index contributed by atoms with van der Waals surface area (Å²) < 4.78 is 11.6. The number of halogens is 2. The smallest absolute Gasteiger partial charge is 0.161 e. The van der Waals surface area contributed by atoms with Crippen molar-refractivity contribution in [2.75, 3.05) is 14.2 Å². The molecule has 0 aliphatic carbocycles. The van der Waals surface area contributed by atoms with E-state index in [1.807, 2.05) is 18.2 Å². The normalized spacial score (nSPS) is 12.2. The summed E-state index contributed by atoms with van der Waals surface area (Å²) in [5.41, 5.74) is 1.12. The Labute approximate surface area is 127 Å². The average molecular weight is 392 g/mol. The zero-order valence-corrected chi connectivity index (χ0v) is 13.9. The maximum Gasteiger partial charge on any atom is 0.161 e. The zero-order chi connectivity index (χ0) is 13.1. The van der Waals surface area contributed by atoms with Crippen LogP contribution in [-0.4, -0.2) is 14.2 Å². The Morgan fingerprint density at radius 1 is 1.17 bits per heavy atom. The van der Waals surface area contributed by atoms with Crippen LogP contribution >= 0.6 is 43.2 Å². The van der Waals surface area contributed by atoms with Crippen LogP contribution in [0.2, 0.25) is 0 Å². The number of alkyl halides is 1. The van der Waals surface area contributed by atoms with E-state index in [-0.39, 0.29) is 4.83 Å². The predicted molar refractivity (Wildman–Crippen MR) is 82.3 cm³/mol. The first-order valence-electron chi connectivity index (χ1n) is 5.26. The lowest BCUT2D eigenvalue weighted by Gasteiger charge is -2.15. The molecule has 1 atom stereocenters. The summed E-state index contributed by atoms with van der Waals surface area (Å²) in [7, 11) is 3.28. The molecule has 0 radical (unpaired) electrons. The molecule has 1 heterocycles. The van der Waals surface area contributed by atoms with Gasteiger partial charge in [-0.1, -0.05) is 37.9 Å². The number of thiophene rings is 1. The summed E-state index contributed by atoms with van der Waals surface area (Å²) in [6.07, 6.45) is 0. The van der Waals surface area contributed by atoms with Crippen molar-refractivity contribution in [3.8, 4) is 11.5 Å². The van der Waals surface area contributed by atoms with E-state index >= 15 is 0 Å². The Morgan fingerprint density at radius 2 is 1.83 bits per heavy atom. The number of hydrogen-bond acceptors (Lipinski definition) is 3. The van der Waals surface area contributed by atoms with Crippen LogP contribution in [-0.2, 0) is 0 Å². The molecule has 0 fully saturated rings. The van der Waals surface area contributed by atoms with Crippen molar-refractivity contribution >= 4 is 43.2 Å². The largest absolute Gasteiger partial charge is 0.493 e. The lowest BCUT2D eigenvalue weighted by Crippen LogP contribution is -1.96. The lowest BCUT2D eigenvalue weighted by molar-refractivity contribution is 0.354. The molecule has 1 aromatic carbocycles. The van der Waals surface area contributed by atoms with Gasteiger partial charge in [0.2, 0.25) is 0 Å². The molecule has 0 N–H and O–H groups in total. The molecule has 0 aliphatic rings. The molecule has 5 heteroatoms. The highest BCUT2D eigenvalue weighted by Gasteiger charge is 2.18. The summed E-state index contributed by atoms with van der Waals surface area (Å²) in [5, 5.41) is 2.07. The fourth-order valence-corrected chi connectivity index (χ4v) is 4.08. The summed E-state index contributed by atoms with van der Waals surface area (Å²) in [5.74, 6) is 1.45. The first kappa shape index (κ1) is 13.9. The van der Waals surface area contributed by atoms with E-state index in [0.717, 1.165) is 21.5 Å². The predicted octanol–water partition coefficient (Wildman–Crippen LogP) is 5.01. The van der Waals surface area contributed by atoms with Gasteiger partial charge in [0.1, 0.15) is 0 Å². The first-order chi connectivity index (χ1) is 8.67. The van der Waals surface area contributed by atoms with E-state index in [0.29, 0.717) is 0 Å². The van der Waals surface area contributed by atoms with Crippen LogP contribution in [0.25, 0.3) is 0 Å². The molecule has 2 aromatic rings. The van der Waals surface area contributed by atoms with Gasteiger partial charge in [0.05, 0.1) is 19.0 Å². The van der Waals surface area contributed by atoms with E-state index in [1.54, 1.807) is 25.6 Å². The van der Waals surface area contributed by atoms with Crippen LogP contribution in [0, 0.1) is 0 Å². The monoisotopic (exact) mass is 390 g/mol. The van der Waals surface area contributed by atoms with Crippen LogP contribution < -0.4 is 9.47 Å². The van der Waals surface area contributed by atoms with Gasteiger partial charge < -0.3 is 9.47 Å². The third-order valence-corrected chi connectivity index (χ3v) is 5.48. The van der Waals surface area contributed by atoms with Gasteiger partial charge in [-0.3, -0.25) is 0 Å². The van der Waals surface area contributed by atoms with Gasteiger partial charge in [0.15, 0.2) is 11.5 Å². The molecule has 2 nitrogen and oxygen atoms in total. The molecule has 0 saturated heterocycles. The summed E-state index contributed by atoms with van der Waals surface area (Å²) >= 11 is 9.01. The molecule has 1 unspecified atom stereocenters. The molecule has 18 heavy (non-hydrogen) atoms. The molecule has 0 amide bonds. The number of rotatable bonds is 4. The summed E-state index contributed by atoms with van der Waals surface area (Å²) in [6, 6.07) is 8.06. The Hall–Kier alpha value is -0.520. The van der Waals surface area contributed by atoms with E-state index in [1.165, 1.54) is 4.88 Å². The van der Waals surface area contributed by atoms with Crippen LogP contribution in [0.3, 0.4) is 0 Å². The molecule has 96 valence electrons. The van der Waals surface area contributed by atoms with Crippen LogP contribution in [0.1, 0.15) is 15.3 Å². The van der Waals surface area contributed by atoms with Gasteiger partial charge in [-0.2, -0.15) is 0 Å². The molecular weight excluding hydrogens is 380 g/mol. The fraction of sp³-hybridized carbons (Fsp3) is 0.231. The maximum atomic E-state index is 5.34. The second-order valence-electron chi connectivity index (χ2n) is 3.61. The molecule has 2 rings (SSSR count). The highest BCUT2D eigenvalue weighted by atomic mass is 79.9. The molecule has 0 bridgehead atoms. The first-order valence-corrected chi connectivity index (χ1v) is 7.85. The number of hydrogen-bond donors (Lipinski definition) is 0. The topological polar surface area (TPSA) is 18.5 Å². The maximum absolute atomic E-state index is 5.34. The van der Waals surface area contributed by atoms with Gasteiger partial charge >= 0.3 is 0 Å². The Kier molecular flexibility index (Phi) is 4.70. The SMILES string of the molecule is COc1cc(Br)c(C(Br)c2cccs2)cc1OC. The summed E-state index contributed by atoms with van der Waals surface area (Å²) in [4.78, 5) is 1.40. The Bertz CT molecular complexity index is 526. The van der Waals surface area contributed by atoms with E-state index in [9.17, 15) is 0 Å². The fourth-order valence-electron chi connectivity index (χ4n) is 1.65. The standard InChI is InChI=1S/C13H12Br2O2S/c1-16-10-6-8(9(14)7-11(10)17-2)13(15)12-4-3-5-18-12/h3-7,13H,1-2H3. The van der Waals surface area contributed by atoms with Gasteiger partial charge in [0.25, 0.3) is 0 Å². The summed E-state index contributed by atoms with van der Waals surface area (Å²) in [6.45, 7) is 0. The van der Waals surface area contributed by atoms with Crippen LogP contribution in [0.4, 0.5) is 0 Å². The van der Waals surface area contributed by atoms with Gasteiger partial charge in [-0.05, 0) is 29.1 Å². The zero-order valence-electron chi connectivity index (χ0n) is 9.94. The average Bonchev–Trinajstić information content (AvgIpc) is 2.91. The van der Waals surface area contributed by atoms with Crippen molar-refractivity contribution in [1.29, 1.82) is 0 Å². The third kappa shape index (κ3) is 2.73. The van der Waals surface area contributed by atoms with Crippen molar-refractivity contribution in [3.63, 3.8) is 0 Å². The number of ether oxygens (including phenoxy) is 2. The van der Waals surface area contributed by atoms with Crippen LogP contribution in [0.5, 0.6) is 11.5 Å². The molecule has 0 aliphatic heterocycles. The van der Waals surface area contributed by atoms with Crippen molar-refractivity contribution in [3.05, 3.63) is 44.6 Å². The third-order valence-electron chi connectivity index (χ3n) is 2.57. The highest BCUT2D eigenvalue weighted by molar-refractivity contribution is 9.11. The van der Waals surface area contributed by atoms with Crippen molar-refractivity contribution < 1.29 is 9.47 Å². The molecular formula is C13H12Br2O2S. The minimum absolute atomic E-state index is 0.145. The molecule has 1 aromatic heterocycles. The highest BCUT2D eigenvalue weighted by Crippen LogP contribution is 2.42. The quantitative estimate of drug-likeness (QED) is 0.681. The van der Waals surface area contributed by atoms with E-state index in [2.05, 4.69) is 43.3 Å². The molecule has 0 saturated carbocycles. The minimum atomic E-state index is 0.145. The van der Waals surface area contributed by atoms with E-state index in [4.69, 9.17) is 9.47 Å². The number of benzene rings is 1. The Balaban J connectivity index is 2.45. The Morgan fingerprint density at radius 3 is 2.39 bits per heavy atom. The van der Waals surface area contributed by atoms with Gasteiger partial charge in [-0.25, -0.2) is 0 Å². The minimum Gasteiger partial charge on any atom is -0.493 e. The second kappa shape index (κ2) is 6.08. The lowest BCUT2D eigenvalue weighted by atomic mass is 10.1. The van der Waals surface area contributed by atoms with E-state index < -0.39 is 0 Å². The van der Waals surface area contributed by atoms with Gasteiger partial charge in [-0.15, -0.1) is 11.3 Å². The van der Waals surface area contributed by atoms with Crippen molar-refractivity contribution in [2.24, 2.45) is 0 Å². The van der Waals surface area contributed by atoms with Gasteiger partial charge in [0, 0.05) is 9.35 Å². The van der Waals surface area contributed by atoms with Crippen molar-refractivity contribution in [2.45, 2.75) is 4.83 Å². The second-order valence-corrected chi connectivity index (χ2v) is 6.36. The van der Waals surface area contributed by atoms with Crippen molar-refractivity contribution in [1.82, 2.24) is 0 Å². The number of methoxy groups -OCH3 is 2. The molecule has 0 spiro atoms.